The van der Waals surface area contributed by atoms with Crippen molar-refractivity contribution >= 4 is 11.8 Å². The fourth-order valence-corrected chi connectivity index (χ4v) is 2.07. The summed E-state index contributed by atoms with van der Waals surface area (Å²) in [4.78, 5) is 25.5. The molecule has 0 aromatic heterocycles. The van der Waals surface area contributed by atoms with Gasteiger partial charge in [0.2, 0.25) is 11.8 Å². The largest absolute Gasteiger partial charge is 0.345 e. The molecule has 0 aliphatic carbocycles. The van der Waals surface area contributed by atoms with Gasteiger partial charge in [0.15, 0.2) is 0 Å². The van der Waals surface area contributed by atoms with Crippen molar-refractivity contribution in [1.29, 1.82) is 0 Å². The Kier molecular flexibility index (Phi) is 4.97. The van der Waals surface area contributed by atoms with E-state index in [0.29, 0.717) is 18.4 Å². The molecule has 17 heavy (non-hydrogen) atoms. The van der Waals surface area contributed by atoms with Crippen molar-refractivity contribution < 1.29 is 9.59 Å². The van der Waals surface area contributed by atoms with Crippen molar-refractivity contribution in [2.75, 3.05) is 13.1 Å². The highest BCUT2D eigenvalue weighted by Crippen LogP contribution is 2.17. The van der Waals surface area contributed by atoms with E-state index in [1.807, 2.05) is 0 Å². The second-order valence-corrected chi connectivity index (χ2v) is 5.42. The highest BCUT2D eigenvalue weighted by molar-refractivity contribution is 5.94. The lowest BCUT2D eigenvalue weighted by atomic mass is 9.98. The molecule has 1 aliphatic heterocycles. The zero-order valence-corrected chi connectivity index (χ0v) is 11.3. The number of rotatable bonds is 5. The maximum Gasteiger partial charge on any atom is 0.243 e. The summed E-state index contributed by atoms with van der Waals surface area (Å²) in [5.74, 6) is 0.910. The van der Waals surface area contributed by atoms with Crippen LogP contribution in [-0.4, -0.2) is 35.8 Å². The smallest absolute Gasteiger partial charge is 0.243 e. The highest BCUT2D eigenvalue weighted by Gasteiger charge is 2.34. The number of amides is 2. The van der Waals surface area contributed by atoms with E-state index in [2.05, 4.69) is 33.0 Å². The molecule has 0 aromatic carbocycles. The van der Waals surface area contributed by atoms with Crippen LogP contribution in [0.15, 0.2) is 0 Å². The number of hydrogen-bond acceptors (Lipinski definition) is 2. The van der Waals surface area contributed by atoms with Gasteiger partial charge in [0.05, 0.1) is 6.54 Å². The van der Waals surface area contributed by atoms with Crippen LogP contribution in [0.2, 0.25) is 0 Å². The number of nitrogens with zero attached hydrogens (tertiary/aromatic N) is 1. The molecule has 98 valence electrons. The molecule has 1 N–H and O–H groups in total. The molecule has 2 amide bonds. The molecule has 1 heterocycles. The first-order valence-corrected chi connectivity index (χ1v) is 6.52. The predicted octanol–water partition coefficient (Wildman–Crippen LogP) is 1.41. The van der Waals surface area contributed by atoms with E-state index >= 15 is 0 Å². The van der Waals surface area contributed by atoms with Gasteiger partial charge in [-0.15, -0.1) is 0 Å². The summed E-state index contributed by atoms with van der Waals surface area (Å²) >= 11 is 0. The maximum absolute atomic E-state index is 11.9. The molecule has 0 radical (unpaired) electrons. The third-order valence-corrected chi connectivity index (χ3v) is 3.31. The average molecular weight is 240 g/mol. The maximum atomic E-state index is 11.9. The Morgan fingerprint density at radius 3 is 2.53 bits per heavy atom. The standard InChI is InChI=1S/C13H24N2O2/c1-5-10(4)8-15-11(6-9(2)3)13(17)14-7-12(15)16/h9-11H,5-8H2,1-4H3,(H,14,17). The fraction of sp³-hybridized carbons (Fsp3) is 0.846. The summed E-state index contributed by atoms with van der Waals surface area (Å²) in [6, 6.07) is -0.273. The first-order chi connectivity index (χ1) is 7.95. The molecule has 2 unspecified atom stereocenters. The zero-order chi connectivity index (χ0) is 13.0. The van der Waals surface area contributed by atoms with Gasteiger partial charge in [-0.3, -0.25) is 9.59 Å². The Labute approximate surface area is 104 Å². The van der Waals surface area contributed by atoms with Crippen molar-refractivity contribution in [2.24, 2.45) is 11.8 Å². The van der Waals surface area contributed by atoms with Crippen molar-refractivity contribution in [2.45, 2.75) is 46.6 Å². The summed E-state index contributed by atoms with van der Waals surface area (Å²) in [6.45, 7) is 9.23. The van der Waals surface area contributed by atoms with Crippen LogP contribution in [0, 0.1) is 11.8 Å². The number of carbonyl (C=O) groups is 2. The minimum atomic E-state index is -0.273. The van der Waals surface area contributed by atoms with E-state index in [9.17, 15) is 9.59 Å². The Morgan fingerprint density at radius 1 is 1.35 bits per heavy atom. The van der Waals surface area contributed by atoms with E-state index < -0.39 is 0 Å². The minimum Gasteiger partial charge on any atom is -0.345 e. The molecule has 0 spiro atoms. The van der Waals surface area contributed by atoms with Crippen LogP contribution in [0.1, 0.15) is 40.5 Å². The molecule has 1 fully saturated rings. The van der Waals surface area contributed by atoms with Gasteiger partial charge in [0.1, 0.15) is 6.04 Å². The molecule has 0 bridgehead atoms. The quantitative estimate of drug-likeness (QED) is 0.790. The van der Waals surface area contributed by atoms with Gasteiger partial charge in [-0.05, 0) is 18.3 Å². The predicted molar refractivity (Wildman–Crippen MR) is 67.4 cm³/mol. The van der Waals surface area contributed by atoms with Gasteiger partial charge in [-0.2, -0.15) is 0 Å². The first-order valence-electron chi connectivity index (χ1n) is 6.52. The van der Waals surface area contributed by atoms with Crippen molar-refractivity contribution in [3.63, 3.8) is 0 Å². The summed E-state index contributed by atoms with van der Waals surface area (Å²) in [5, 5.41) is 2.68. The highest BCUT2D eigenvalue weighted by atomic mass is 16.2. The van der Waals surface area contributed by atoms with E-state index in [4.69, 9.17) is 0 Å². The molecule has 0 saturated carbocycles. The van der Waals surface area contributed by atoms with Crippen LogP contribution in [-0.2, 0) is 9.59 Å². The van der Waals surface area contributed by atoms with Gasteiger partial charge in [0.25, 0.3) is 0 Å². The summed E-state index contributed by atoms with van der Waals surface area (Å²) in [5.41, 5.74) is 0. The van der Waals surface area contributed by atoms with Gasteiger partial charge in [-0.25, -0.2) is 0 Å². The summed E-state index contributed by atoms with van der Waals surface area (Å²) in [7, 11) is 0. The Bertz CT molecular complexity index is 289. The molecular weight excluding hydrogens is 216 g/mol. The van der Waals surface area contributed by atoms with Gasteiger partial charge in [0, 0.05) is 6.54 Å². The number of carbonyl (C=O) groups excluding carboxylic acids is 2. The van der Waals surface area contributed by atoms with Crippen LogP contribution >= 0.6 is 0 Å². The third-order valence-electron chi connectivity index (χ3n) is 3.31. The van der Waals surface area contributed by atoms with Crippen molar-refractivity contribution in [3.05, 3.63) is 0 Å². The van der Waals surface area contributed by atoms with E-state index in [1.54, 1.807) is 4.90 Å². The molecule has 0 aromatic rings. The molecular formula is C13H24N2O2. The second-order valence-electron chi connectivity index (χ2n) is 5.42. The lowest BCUT2D eigenvalue weighted by Gasteiger charge is -2.37. The molecule has 1 aliphatic rings. The number of hydrogen-bond donors (Lipinski definition) is 1. The third kappa shape index (κ3) is 3.72. The number of nitrogens with one attached hydrogen (secondary N) is 1. The molecule has 2 atom stereocenters. The second kappa shape index (κ2) is 6.03. The lowest BCUT2D eigenvalue weighted by Crippen LogP contribution is -2.59. The normalized spacial score (nSPS) is 22.9. The zero-order valence-electron chi connectivity index (χ0n) is 11.3. The van der Waals surface area contributed by atoms with Gasteiger partial charge < -0.3 is 10.2 Å². The van der Waals surface area contributed by atoms with E-state index in [-0.39, 0.29) is 24.4 Å². The van der Waals surface area contributed by atoms with Crippen LogP contribution in [0.4, 0.5) is 0 Å². The van der Waals surface area contributed by atoms with Crippen molar-refractivity contribution in [3.8, 4) is 0 Å². The lowest BCUT2D eigenvalue weighted by molar-refractivity contribution is -0.146. The Balaban J connectivity index is 2.76. The molecule has 1 rings (SSSR count). The van der Waals surface area contributed by atoms with Gasteiger partial charge in [-0.1, -0.05) is 34.1 Å². The van der Waals surface area contributed by atoms with Gasteiger partial charge >= 0.3 is 0 Å². The van der Waals surface area contributed by atoms with Crippen LogP contribution in [0.25, 0.3) is 0 Å². The van der Waals surface area contributed by atoms with Crippen molar-refractivity contribution in [1.82, 2.24) is 10.2 Å². The van der Waals surface area contributed by atoms with E-state index in [0.717, 1.165) is 12.8 Å². The van der Waals surface area contributed by atoms with Crippen LogP contribution in [0.3, 0.4) is 0 Å². The van der Waals surface area contributed by atoms with Crippen LogP contribution in [0.5, 0.6) is 0 Å². The SMILES string of the molecule is CCC(C)CN1C(=O)CNC(=O)C1CC(C)C. The molecule has 4 heteroatoms. The Morgan fingerprint density at radius 2 is 2.00 bits per heavy atom. The first kappa shape index (κ1) is 14.0. The topological polar surface area (TPSA) is 49.4 Å². The monoisotopic (exact) mass is 240 g/mol. The van der Waals surface area contributed by atoms with Crippen LogP contribution < -0.4 is 5.32 Å². The number of piperazine rings is 1. The fourth-order valence-electron chi connectivity index (χ4n) is 2.07. The van der Waals surface area contributed by atoms with E-state index in [1.165, 1.54) is 0 Å². The average Bonchev–Trinajstić information content (AvgIpc) is 2.27. The molecule has 1 saturated heterocycles. The molecule has 4 nitrogen and oxygen atoms in total. The summed E-state index contributed by atoms with van der Waals surface area (Å²) < 4.78 is 0. The minimum absolute atomic E-state index is 0.00148. The Hall–Kier alpha value is -1.06. The summed E-state index contributed by atoms with van der Waals surface area (Å²) in [6.07, 6.45) is 1.77.